The van der Waals surface area contributed by atoms with E-state index in [2.05, 4.69) is 6.07 Å². The van der Waals surface area contributed by atoms with Crippen LogP contribution in [0.5, 0.6) is 0 Å². The maximum absolute atomic E-state index is 11.4. The summed E-state index contributed by atoms with van der Waals surface area (Å²) in [6.07, 6.45) is 1.65. The SMILES string of the molecule is N#CCn1ccc(=O)c2ccccc21. The number of hydrogen-bond acceptors (Lipinski definition) is 2. The van der Waals surface area contributed by atoms with Gasteiger partial charge in [-0.05, 0) is 12.1 Å². The maximum atomic E-state index is 11.4. The monoisotopic (exact) mass is 184 g/mol. The second-order valence-electron chi connectivity index (χ2n) is 2.98. The fourth-order valence-electron chi connectivity index (χ4n) is 1.47. The van der Waals surface area contributed by atoms with E-state index in [1.165, 1.54) is 6.07 Å². The van der Waals surface area contributed by atoms with Crippen molar-refractivity contribution in [1.82, 2.24) is 4.57 Å². The van der Waals surface area contributed by atoms with Gasteiger partial charge in [0.15, 0.2) is 5.43 Å². The molecule has 2 rings (SSSR count). The van der Waals surface area contributed by atoms with Crippen molar-refractivity contribution >= 4 is 10.9 Å². The van der Waals surface area contributed by atoms with E-state index in [4.69, 9.17) is 5.26 Å². The largest absolute Gasteiger partial charge is 0.333 e. The molecule has 0 N–H and O–H groups in total. The second kappa shape index (κ2) is 3.35. The summed E-state index contributed by atoms with van der Waals surface area (Å²) in [5, 5.41) is 9.26. The average molecular weight is 184 g/mol. The van der Waals surface area contributed by atoms with Crippen molar-refractivity contribution in [3.63, 3.8) is 0 Å². The number of nitrogens with zero attached hydrogens (tertiary/aromatic N) is 2. The normalized spacial score (nSPS) is 9.93. The first-order chi connectivity index (χ1) is 6.83. The van der Waals surface area contributed by atoms with Gasteiger partial charge in [-0.15, -0.1) is 0 Å². The molecular formula is C11H8N2O. The first-order valence-corrected chi connectivity index (χ1v) is 4.28. The van der Waals surface area contributed by atoms with Crippen LogP contribution < -0.4 is 5.43 Å². The molecule has 0 unspecified atom stereocenters. The van der Waals surface area contributed by atoms with E-state index in [1.807, 2.05) is 18.2 Å². The lowest BCUT2D eigenvalue weighted by atomic mass is 10.2. The molecule has 0 aliphatic carbocycles. The van der Waals surface area contributed by atoms with Gasteiger partial charge in [-0.2, -0.15) is 5.26 Å². The Morgan fingerprint density at radius 2 is 2.07 bits per heavy atom. The van der Waals surface area contributed by atoms with Crippen LogP contribution in [0, 0.1) is 11.3 Å². The molecule has 3 nitrogen and oxygen atoms in total. The van der Waals surface area contributed by atoms with Gasteiger partial charge in [0.1, 0.15) is 6.54 Å². The molecule has 0 aliphatic rings. The van der Waals surface area contributed by atoms with E-state index in [1.54, 1.807) is 16.8 Å². The smallest absolute Gasteiger partial charge is 0.189 e. The van der Waals surface area contributed by atoms with Crippen LogP contribution in [0.4, 0.5) is 0 Å². The Labute approximate surface area is 80.8 Å². The fraction of sp³-hybridized carbons (Fsp3) is 0.0909. The number of hydrogen-bond donors (Lipinski definition) is 0. The molecule has 1 aromatic heterocycles. The Hall–Kier alpha value is -2.08. The zero-order valence-corrected chi connectivity index (χ0v) is 7.47. The molecule has 0 aliphatic heterocycles. The first-order valence-electron chi connectivity index (χ1n) is 4.28. The van der Waals surface area contributed by atoms with Gasteiger partial charge in [0.25, 0.3) is 0 Å². The number of benzene rings is 1. The van der Waals surface area contributed by atoms with Crippen LogP contribution in [0.25, 0.3) is 10.9 Å². The quantitative estimate of drug-likeness (QED) is 0.674. The topological polar surface area (TPSA) is 45.8 Å². The van der Waals surface area contributed by atoms with Gasteiger partial charge in [0.2, 0.25) is 0 Å². The van der Waals surface area contributed by atoms with Crippen molar-refractivity contribution in [3.8, 4) is 6.07 Å². The van der Waals surface area contributed by atoms with E-state index in [9.17, 15) is 4.79 Å². The van der Waals surface area contributed by atoms with E-state index >= 15 is 0 Å². The minimum Gasteiger partial charge on any atom is -0.333 e. The molecule has 1 aromatic carbocycles. The summed E-state index contributed by atoms with van der Waals surface area (Å²) in [5.41, 5.74) is 0.802. The molecule has 0 atom stereocenters. The molecule has 0 saturated heterocycles. The predicted molar refractivity (Wildman–Crippen MR) is 53.8 cm³/mol. The Kier molecular flexibility index (Phi) is 2.04. The molecule has 0 fully saturated rings. The number of aromatic nitrogens is 1. The third-order valence-corrected chi connectivity index (χ3v) is 2.13. The van der Waals surface area contributed by atoms with Gasteiger partial charge >= 0.3 is 0 Å². The molecule has 1 heterocycles. The Balaban J connectivity index is 2.83. The van der Waals surface area contributed by atoms with Gasteiger partial charge in [-0.3, -0.25) is 4.79 Å². The van der Waals surface area contributed by atoms with Gasteiger partial charge in [0, 0.05) is 17.6 Å². The summed E-state index contributed by atoms with van der Waals surface area (Å²) >= 11 is 0. The lowest BCUT2D eigenvalue weighted by Crippen LogP contribution is -2.06. The molecule has 0 radical (unpaired) electrons. The van der Waals surface area contributed by atoms with Gasteiger partial charge < -0.3 is 4.57 Å². The number of nitriles is 1. The van der Waals surface area contributed by atoms with Crippen molar-refractivity contribution in [2.75, 3.05) is 0 Å². The number of rotatable bonds is 1. The lowest BCUT2D eigenvalue weighted by molar-refractivity contribution is 0.861. The zero-order chi connectivity index (χ0) is 9.97. The van der Waals surface area contributed by atoms with Gasteiger partial charge in [-0.25, -0.2) is 0 Å². The number of pyridine rings is 1. The highest BCUT2D eigenvalue weighted by molar-refractivity contribution is 5.78. The van der Waals surface area contributed by atoms with E-state index in [0.29, 0.717) is 5.39 Å². The Morgan fingerprint density at radius 1 is 1.29 bits per heavy atom. The van der Waals surface area contributed by atoms with Crippen LogP contribution in [-0.4, -0.2) is 4.57 Å². The Bertz CT molecular complexity index is 563. The molecule has 0 saturated carbocycles. The van der Waals surface area contributed by atoms with Gasteiger partial charge in [-0.1, -0.05) is 12.1 Å². The summed E-state index contributed by atoms with van der Waals surface area (Å²) in [6, 6.07) is 10.8. The predicted octanol–water partition coefficient (Wildman–Crippen LogP) is 1.53. The molecular weight excluding hydrogens is 176 g/mol. The fourth-order valence-corrected chi connectivity index (χ4v) is 1.47. The zero-order valence-electron chi connectivity index (χ0n) is 7.47. The lowest BCUT2D eigenvalue weighted by Gasteiger charge is -2.05. The highest BCUT2D eigenvalue weighted by atomic mass is 16.1. The minimum absolute atomic E-state index is 0.00482. The maximum Gasteiger partial charge on any atom is 0.189 e. The minimum atomic E-state index is -0.00482. The van der Waals surface area contributed by atoms with Crippen LogP contribution in [-0.2, 0) is 6.54 Å². The van der Waals surface area contributed by atoms with Crippen LogP contribution in [0.3, 0.4) is 0 Å². The molecule has 0 spiro atoms. The van der Waals surface area contributed by atoms with Crippen molar-refractivity contribution < 1.29 is 0 Å². The summed E-state index contributed by atoms with van der Waals surface area (Å²) < 4.78 is 1.76. The third kappa shape index (κ3) is 1.27. The molecule has 0 bridgehead atoms. The van der Waals surface area contributed by atoms with Crippen LogP contribution in [0.1, 0.15) is 0 Å². The summed E-state index contributed by atoms with van der Waals surface area (Å²) in [7, 11) is 0. The molecule has 0 amide bonds. The molecule has 2 aromatic rings. The summed E-state index contributed by atoms with van der Waals surface area (Å²) in [4.78, 5) is 11.4. The number of fused-ring (bicyclic) bond motifs is 1. The molecule has 68 valence electrons. The summed E-state index contributed by atoms with van der Waals surface area (Å²) in [5.74, 6) is 0. The van der Waals surface area contributed by atoms with Crippen molar-refractivity contribution in [2.24, 2.45) is 0 Å². The van der Waals surface area contributed by atoms with Gasteiger partial charge in [0.05, 0.1) is 11.6 Å². The highest BCUT2D eigenvalue weighted by Gasteiger charge is 1.99. The average Bonchev–Trinajstić information content (AvgIpc) is 2.23. The standard InChI is InChI=1S/C11H8N2O/c12-6-8-13-7-5-11(14)9-3-1-2-4-10(9)13/h1-5,7H,8H2. The molecule has 14 heavy (non-hydrogen) atoms. The highest BCUT2D eigenvalue weighted by Crippen LogP contribution is 2.08. The molecule has 3 heteroatoms. The second-order valence-corrected chi connectivity index (χ2v) is 2.98. The van der Waals surface area contributed by atoms with Crippen molar-refractivity contribution in [2.45, 2.75) is 6.54 Å². The van der Waals surface area contributed by atoms with Crippen molar-refractivity contribution in [1.29, 1.82) is 5.26 Å². The van der Waals surface area contributed by atoms with Crippen LogP contribution in [0.2, 0.25) is 0 Å². The van der Waals surface area contributed by atoms with Crippen molar-refractivity contribution in [3.05, 3.63) is 46.8 Å². The van der Waals surface area contributed by atoms with Crippen LogP contribution in [0.15, 0.2) is 41.3 Å². The third-order valence-electron chi connectivity index (χ3n) is 2.13. The van der Waals surface area contributed by atoms with E-state index < -0.39 is 0 Å². The van der Waals surface area contributed by atoms with Crippen LogP contribution >= 0.6 is 0 Å². The van der Waals surface area contributed by atoms with E-state index in [0.717, 1.165) is 5.52 Å². The summed E-state index contributed by atoms with van der Waals surface area (Å²) in [6.45, 7) is 0.265. The first kappa shape index (κ1) is 8.52. The number of para-hydroxylation sites is 1. The van der Waals surface area contributed by atoms with E-state index in [-0.39, 0.29) is 12.0 Å². The Morgan fingerprint density at radius 3 is 2.86 bits per heavy atom.